The van der Waals surface area contributed by atoms with Crippen molar-refractivity contribution in [3.8, 4) is 5.75 Å². The maximum atomic E-state index is 8.04. The summed E-state index contributed by atoms with van der Waals surface area (Å²) in [6, 6.07) is 25.0. The van der Waals surface area contributed by atoms with Gasteiger partial charge in [0.25, 0.3) is 0 Å². The van der Waals surface area contributed by atoms with Crippen LogP contribution in [0.4, 0.5) is 0 Å². The molecule has 2 aromatic heterocycles. The van der Waals surface area contributed by atoms with Crippen LogP contribution in [0, 0.1) is 19.5 Å². The molecule has 0 spiro atoms. The summed E-state index contributed by atoms with van der Waals surface area (Å²) in [7, 11) is 0. The first kappa shape index (κ1) is 19.2. The number of rotatable bonds is 3. The molecule has 1 unspecified atom stereocenters. The Kier molecular flexibility index (Phi) is 8.10. The van der Waals surface area contributed by atoms with Gasteiger partial charge in [-0.2, -0.15) is 42.0 Å². The summed E-state index contributed by atoms with van der Waals surface area (Å²) in [4.78, 5) is 7.79. The Bertz CT molecular complexity index is 1250. The minimum atomic E-state index is -2.49. The third-order valence-electron chi connectivity index (χ3n) is 4.41. The van der Waals surface area contributed by atoms with Gasteiger partial charge in [0.15, 0.2) is 0 Å². The van der Waals surface area contributed by atoms with Gasteiger partial charge in [0.1, 0.15) is 11.9 Å². The van der Waals surface area contributed by atoms with Crippen molar-refractivity contribution in [2.24, 2.45) is 0 Å². The normalized spacial score (nSPS) is 15.6. The van der Waals surface area contributed by atoms with Gasteiger partial charge in [-0.3, -0.25) is 11.6 Å². The van der Waals surface area contributed by atoms with Crippen molar-refractivity contribution in [3.05, 3.63) is 140 Å². The molecule has 1 aliphatic heterocycles. The van der Waals surface area contributed by atoms with Crippen molar-refractivity contribution in [1.29, 1.82) is 0 Å². The second kappa shape index (κ2) is 13.9. The van der Waals surface area contributed by atoms with Crippen LogP contribution in [0.1, 0.15) is 30.1 Å². The largest absolute Gasteiger partial charge is 0.485 e. The predicted molar refractivity (Wildman–Crippen MR) is 131 cm³/mol. The molecule has 4 aromatic rings. The minimum Gasteiger partial charge on any atom is -0.485 e. The van der Waals surface area contributed by atoms with Gasteiger partial charge in [0.2, 0.25) is 0 Å². The van der Waals surface area contributed by atoms with Crippen molar-refractivity contribution in [1.82, 2.24) is 9.97 Å². The SMILES string of the molecule is [2H]c1c(C([2H])([2H])[2H])cnc(C(=[CH-])CC2Oc3ccccc3C2=C)c1[2H].[Ir].[c-]1ccccc1.c1ccncc1. The monoisotopic (exact) mass is 616 g/mol. The Balaban J connectivity index is 0.000000319. The zero-order chi connectivity index (χ0) is 26.8. The van der Waals surface area contributed by atoms with E-state index in [9.17, 15) is 0 Å². The fourth-order valence-corrected chi connectivity index (χ4v) is 2.83. The minimum absolute atomic E-state index is 0. The molecule has 0 saturated carbocycles. The first-order valence-corrected chi connectivity index (χ1v) is 9.99. The Labute approximate surface area is 217 Å². The van der Waals surface area contributed by atoms with E-state index >= 15 is 0 Å². The van der Waals surface area contributed by atoms with E-state index in [-0.39, 0.29) is 61.5 Å². The van der Waals surface area contributed by atoms with E-state index in [4.69, 9.17) is 18.2 Å². The number of benzene rings is 2. The van der Waals surface area contributed by atoms with E-state index in [2.05, 4.69) is 22.6 Å². The van der Waals surface area contributed by atoms with Crippen LogP contribution in [-0.4, -0.2) is 16.1 Å². The molecule has 4 heteroatoms. The smallest absolute Gasteiger partial charge is 0.127 e. The molecule has 33 heavy (non-hydrogen) atoms. The molecule has 1 atom stereocenters. The number of fused-ring (bicyclic) bond motifs is 1. The second-order valence-electron chi connectivity index (χ2n) is 6.73. The van der Waals surface area contributed by atoms with E-state index in [1.54, 1.807) is 12.4 Å². The van der Waals surface area contributed by atoms with Crippen LogP contribution in [0.3, 0.4) is 0 Å². The van der Waals surface area contributed by atoms with Crippen LogP contribution < -0.4 is 4.74 Å². The Morgan fingerprint density at radius 3 is 2.36 bits per heavy atom. The van der Waals surface area contributed by atoms with Crippen LogP contribution in [0.5, 0.6) is 5.75 Å². The Hall–Kier alpha value is -3.33. The fourth-order valence-electron chi connectivity index (χ4n) is 2.83. The zero-order valence-corrected chi connectivity index (χ0v) is 20.3. The van der Waals surface area contributed by atoms with Gasteiger partial charge >= 0.3 is 0 Å². The van der Waals surface area contributed by atoms with Gasteiger partial charge in [0.05, 0.1) is 1.37 Å². The van der Waals surface area contributed by atoms with Crippen LogP contribution in [0.15, 0.2) is 110 Å². The van der Waals surface area contributed by atoms with Crippen LogP contribution in [-0.2, 0) is 20.1 Å². The first-order valence-electron chi connectivity index (χ1n) is 12.5. The molecular weight excluding hydrogens is 585 g/mol. The summed E-state index contributed by atoms with van der Waals surface area (Å²) in [6.45, 7) is 7.64. The number of aryl methyl sites for hydroxylation is 1. The van der Waals surface area contributed by atoms with Crippen LogP contribution in [0.25, 0.3) is 11.1 Å². The van der Waals surface area contributed by atoms with Gasteiger partial charge in [-0.05, 0) is 42.6 Å². The zero-order valence-electron chi connectivity index (χ0n) is 22.9. The second-order valence-corrected chi connectivity index (χ2v) is 6.73. The molecule has 169 valence electrons. The average Bonchev–Trinajstić information content (AvgIpc) is 3.22. The topological polar surface area (TPSA) is 35.0 Å². The molecule has 1 aliphatic rings. The molecule has 1 radical (unpaired) electrons. The predicted octanol–water partition coefficient (Wildman–Crippen LogP) is 6.64. The summed E-state index contributed by atoms with van der Waals surface area (Å²) in [5.74, 6) is 0.725. The van der Waals surface area contributed by atoms with E-state index in [0.717, 1.165) is 23.1 Å². The van der Waals surface area contributed by atoms with Gasteiger partial charge in [-0.25, -0.2) is 0 Å². The van der Waals surface area contributed by atoms with Gasteiger partial charge < -0.3 is 9.72 Å². The Morgan fingerprint density at radius 1 is 1.09 bits per heavy atom. The molecule has 5 rings (SSSR count). The van der Waals surface area contributed by atoms with Crippen LogP contribution in [0.2, 0.25) is 0 Å². The van der Waals surface area contributed by atoms with Gasteiger partial charge in [0, 0.05) is 49.7 Å². The molecule has 0 aliphatic carbocycles. The van der Waals surface area contributed by atoms with Crippen molar-refractivity contribution < 1.29 is 31.7 Å². The number of pyridine rings is 2. The fraction of sp³-hybridized carbons (Fsp3) is 0.103. The summed E-state index contributed by atoms with van der Waals surface area (Å²) in [5, 5.41) is 0. The average molecular weight is 616 g/mol. The molecule has 0 bridgehead atoms. The summed E-state index contributed by atoms with van der Waals surface area (Å²) >= 11 is 0. The maximum absolute atomic E-state index is 8.04. The molecule has 2 aromatic carbocycles. The van der Waals surface area contributed by atoms with Crippen LogP contribution >= 0.6 is 0 Å². The number of hydrogen-bond acceptors (Lipinski definition) is 3. The molecule has 0 amide bonds. The van der Waals surface area contributed by atoms with Gasteiger partial charge in [-0.1, -0.05) is 42.6 Å². The third-order valence-corrected chi connectivity index (χ3v) is 4.41. The van der Waals surface area contributed by atoms with E-state index < -0.39 is 6.85 Å². The van der Waals surface area contributed by atoms with Crippen molar-refractivity contribution in [2.45, 2.75) is 19.4 Å². The summed E-state index contributed by atoms with van der Waals surface area (Å²) in [5.41, 5.74) is 1.80. The molecule has 0 fully saturated rings. The van der Waals surface area contributed by atoms with Crippen molar-refractivity contribution in [2.75, 3.05) is 0 Å². The van der Waals surface area contributed by atoms with E-state index in [0.29, 0.717) is 0 Å². The number of aromatic nitrogens is 2. The number of hydrogen-bond donors (Lipinski definition) is 0. The number of para-hydroxylation sites is 1. The standard InChI is InChI=1S/C18H16NO.C6H5.C5H5N.Ir/c1-12-8-9-16(19-11-12)13(2)10-18-14(3)15-6-4-5-7-17(15)20-18;2*1-2-4-6-5-3-1;/h2,4-9,11,18H,3,10H2,1H3;2*1-5H;/q2*-1;;/i1D3,8D,9D;;;. The number of nitrogens with zero attached hydrogens (tertiary/aromatic N) is 2. The molecule has 0 N–H and O–H groups in total. The van der Waals surface area contributed by atoms with E-state index in [1.807, 2.05) is 72.8 Å². The summed E-state index contributed by atoms with van der Waals surface area (Å²) in [6.07, 6.45) is 4.46. The van der Waals surface area contributed by atoms with Gasteiger partial charge in [-0.15, -0.1) is 6.04 Å². The summed E-state index contributed by atoms with van der Waals surface area (Å²) < 4.78 is 43.9. The van der Waals surface area contributed by atoms with Crippen molar-refractivity contribution >= 4 is 11.1 Å². The Morgan fingerprint density at radius 2 is 1.82 bits per heavy atom. The quantitative estimate of drug-likeness (QED) is 0.243. The number of ether oxygens (including phenoxy) is 1. The molecule has 3 heterocycles. The molecule has 3 nitrogen and oxygen atoms in total. The first-order chi connectivity index (χ1) is 17.7. The maximum Gasteiger partial charge on any atom is 0.127 e. The van der Waals surface area contributed by atoms with Crippen molar-refractivity contribution in [3.63, 3.8) is 0 Å². The van der Waals surface area contributed by atoms with E-state index in [1.165, 1.54) is 0 Å². The molecular formula is C29H26IrN2O-2. The molecule has 0 saturated heterocycles. The third kappa shape index (κ3) is 8.27.